The number of rotatable bonds is 9. The average Bonchev–Trinajstić information content (AvgIpc) is 3.23. The number of aromatic nitrogens is 2. The zero-order chi connectivity index (χ0) is 22.4. The van der Waals surface area contributed by atoms with E-state index in [1.165, 1.54) is 22.9 Å². The van der Waals surface area contributed by atoms with Crippen LogP contribution in [0, 0.1) is 13.8 Å². The van der Waals surface area contributed by atoms with E-state index in [-0.39, 0.29) is 11.9 Å². The molecule has 0 radical (unpaired) electrons. The number of likely N-dealkylation sites (N-methyl/N-ethyl adjacent to an activating group) is 1. The summed E-state index contributed by atoms with van der Waals surface area (Å²) in [5.41, 5.74) is 4.66. The molecule has 7 heteroatoms. The minimum absolute atomic E-state index is 0.0131. The number of nitrogens with zero attached hydrogens (tertiary/aromatic N) is 3. The lowest BCUT2D eigenvalue weighted by Gasteiger charge is -2.25. The number of amides is 1. The Hall–Kier alpha value is -2.77. The molecule has 0 aliphatic rings. The van der Waals surface area contributed by atoms with Crippen molar-refractivity contribution in [1.82, 2.24) is 19.8 Å². The second-order valence-electron chi connectivity index (χ2n) is 7.64. The van der Waals surface area contributed by atoms with Gasteiger partial charge in [-0.15, -0.1) is 0 Å². The van der Waals surface area contributed by atoms with Crippen LogP contribution < -0.4 is 10.1 Å². The average molecular weight is 439 g/mol. The second kappa shape index (κ2) is 10.5. The van der Waals surface area contributed by atoms with Gasteiger partial charge >= 0.3 is 0 Å². The highest BCUT2D eigenvalue weighted by atomic mass is 32.2. The van der Waals surface area contributed by atoms with Gasteiger partial charge < -0.3 is 15.0 Å². The first kappa shape index (κ1) is 22.9. The molecule has 1 atom stereocenters. The lowest BCUT2D eigenvalue weighted by molar-refractivity contribution is -0.118. The molecule has 164 valence electrons. The molecule has 0 fully saturated rings. The van der Waals surface area contributed by atoms with Crippen molar-refractivity contribution < 1.29 is 9.53 Å². The standard InChI is InChI=1S/C24H30N4O2S/c1-17-7-6-8-21(18(17)2)28-14-13-25-24(28)31-16-23(29)26-15-22(27(3)4)19-9-11-20(30-5)12-10-19/h6-14,22H,15-16H2,1-5H3,(H,26,29). The lowest BCUT2D eigenvalue weighted by atomic mass is 10.1. The first-order chi connectivity index (χ1) is 14.9. The molecule has 0 aliphatic carbocycles. The van der Waals surface area contributed by atoms with E-state index in [9.17, 15) is 4.79 Å². The molecule has 3 aromatic rings. The summed E-state index contributed by atoms with van der Waals surface area (Å²) in [6.07, 6.45) is 3.71. The largest absolute Gasteiger partial charge is 0.497 e. The quantitative estimate of drug-likeness (QED) is 0.512. The number of hydrogen-bond acceptors (Lipinski definition) is 5. The predicted molar refractivity (Wildman–Crippen MR) is 126 cm³/mol. The number of carbonyl (C=O) groups is 1. The van der Waals surface area contributed by atoms with E-state index < -0.39 is 0 Å². The summed E-state index contributed by atoms with van der Waals surface area (Å²) in [7, 11) is 5.68. The van der Waals surface area contributed by atoms with Crippen molar-refractivity contribution in [2.45, 2.75) is 25.0 Å². The van der Waals surface area contributed by atoms with Crippen LogP contribution in [0.2, 0.25) is 0 Å². The molecule has 0 spiro atoms. The van der Waals surface area contributed by atoms with E-state index in [4.69, 9.17) is 4.74 Å². The first-order valence-electron chi connectivity index (χ1n) is 10.2. The van der Waals surface area contributed by atoms with Crippen molar-refractivity contribution in [1.29, 1.82) is 0 Å². The third-order valence-corrected chi connectivity index (χ3v) is 6.36. The Kier molecular flexibility index (Phi) is 7.76. The van der Waals surface area contributed by atoms with E-state index in [1.807, 2.05) is 55.2 Å². The monoisotopic (exact) mass is 438 g/mol. The molecular weight excluding hydrogens is 408 g/mol. The van der Waals surface area contributed by atoms with Gasteiger partial charge in [0.2, 0.25) is 5.91 Å². The number of aryl methyl sites for hydroxylation is 1. The Morgan fingerprint density at radius 2 is 1.94 bits per heavy atom. The van der Waals surface area contributed by atoms with Crippen LogP contribution in [0.15, 0.2) is 60.0 Å². The third kappa shape index (κ3) is 5.68. The summed E-state index contributed by atoms with van der Waals surface area (Å²) < 4.78 is 7.28. The van der Waals surface area contributed by atoms with Gasteiger partial charge in [-0.1, -0.05) is 36.0 Å². The normalized spacial score (nSPS) is 12.1. The fraction of sp³-hybridized carbons (Fsp3) is 0.333. The first-order valence-corrected chi connectivity index (χ1v) is 11.2. The molecule has 0 saturated heterocycles. The number of ether oxygens (including phenoxy) is 1. The van der Waals surface area contributed by atoms with Gasteiger partial charge in [0, 0.05) is 18.9 Å². The maximum atomic E-state index is 12.6. The molecule has 1 N–H and O–H groups in total. The molecule has 0 aliphatic heterocycles. The van der Waals surface area contributed by atoms with Crippen LogP contribution in [0.1, 0.15) is 22.7 Å². The Balaban J connectivity index is 1.60. The summed E-state index contributed by atoms with van der Waals surface area (Å²) in [5, 5.41) is 3.87. The predicted octanol–water partition coefficient (Wildman–Crippen LogP) is 4.01. The van der Waals surface area contributed by atoms with Gasteiger partial charge in [0.15, 0.2) is 5.16 Å². The summed E-state index contributed by atoms with van der Waals surface area (Å²) in [5.74, 6) is 1.12. The van der Waals surface area contributed by atoms with Crippen molar-refractivity contribution in [3.05, 3.63) is 71.5 Å². The van der Waals surface area contributed by atoms with Crippen LogP contribution in [0.25, 0.3) is 5.69 Å². The summed E-state index contributed by atoms with van der Waals surface area (Å²) in [6, 6.07) is 14.2. The Bertz CT molecular complexity index is 1010. The zero-order valence-electron chi connectivity index (χ0n) is 18.8. The third-order valence-electron chi connectivity index (χ3n) is 5.39. The topological polar surface area (TPSA) is 59.4 Å². The van der Waals surface area contributed by atoms with Crippen molar-refractivity contribution in [2.75, 3.05) is 33.5 Å². The second-order valence-corrected chi connectivity index (χ2v) is 8.59. The number of thioether (sulfide) groups is 1. The van der Waals surface area contributed by atoms with Crippen LogP contribution in [-0.4, -0.2) is 53.9 Å². The Morgan fingerprint density at radius 1 is 1.19 bits per heavy atom. The minimum Gasteiger partial charge on any atom is -0.497 e. The Labute approximate surface area is 188 Å². The molecule has 6 nitrogen and oxygen atoms in total. The molecule has 0 bridgehead atoms. The van der Waals surface area contributed by atoms with Crippen LogP contribution in [0.4, 0.5) is 0 Å². The van der Waals surface area contributed by atoms with Gasteiger partial charge in [0.1, 0.15) is 5.75 Å². The number of imidazole rings is 1. The maximum absolute atomic E-state index is 12.6. The number of methoxy groups -OCH3 is 1. The highest BCUT2D eigenvalue weighted by molar-refractivity contribution is 7.99. The lowest BCUT2D eigenvalue weighted by Crippen LogP contribution is -2.35. The van der Waals surface area contributed by atoms with Crippen molar-refractivity contribution in [3.8, 4) is 11.4 Å². The molecule has 0 saturated carbocycles. The van der Waals surface area contributed by atoms with Crippen LogP contribution in [0.5, 0.6) is 5.75 Å². The molecule has 1 amide bonds. The number of benzene rings is 2. The van der Waals surface area contributed by atoms with E-state index in [0.29, 0.717) is 12.3 Å². The number of carbonyl (C=O) groups excluding carboxylic acids is 1. The highest BCUT2D eigenvalue weighted by Crippen LogP contribution is 2.24. The molecule has 3 rings (SSSR count). The zero-order valence-corrected chi connectivity index (χ0v) is 19.6. The van der Waals surface area contributed by atoms with Crippen LogP contribution in [-0.2, 0) is 4.79 Å². The minimum atomic E-state index is -0.0131. The van der Waals surface area contributed by atoms with Gasteiger partial charge in [-0.2, -0.15) is 0 Å². The van der Waals surface area contributed by atoms with Crippen molar-refractivity contribution >= 4 is 17.7 Å². The molecule has 1 aromatic heterocycles. The smallest absolute Gasteiger partial charge is 0.230 e. The van der Waals surface area contributed by atoms with Crippen molar-refractivity contribution in [2.24, 2.45) is 0 Å². The molecule has 1 unspecified atom stereocenters. The fourth-order valence-corrected chi connectivity index (χ4v) is 4.19. The van der Waals surface area contributed by atoms with Crippen LogP contribution >= 0.6 is 11.8 Å². The van der Waals surface area contributed by atoms with E-state index in [0.717, 1.165) is 22.2 Å². The van der Waals surface area contributed by atoms with Crippen molar-refractivity contribution in [3.63, 3.8) is 0 Å². The molecule has 1 heterocycles. The number of hydrogen-bond donors (Lipinski definition) is 1. The fourth-order valence-electron chi connectivity index (χ4n) is 3.39. The Morgan fingerprint density at radius 3 is 2.61 bits per heavy atom. The van der Waals surface area contributed by atoms with Gasteiger partial charge in [0.05, 0.1) is 24.6 Å². The summed E-state index contributed by atoms with van der Waals surface area (Å²) in [4.78, 5) is 19.1. The van der Waals surface area contributed by atoms with E-state index in [2.05, 4.69) is 41.2 Å². The van der Waals surface area contributed by atoms with Gasteiger partial charge in [-0.3, -0.25) is 9.36 Å². The van der Waals surface area contributed by atoms with Gasteiger partial charge in [0.25, 0.3) is 0 Å². The molecular formula is C24H30N4O2S. The van der Waals surface area contributed by atoms with Gasteiger partial charge in [-0.05, 0) is 62.8 Å². The number of nitrogens with one attached hydrogen (secondary N) is 1. The summed E-state index contributed by atoms with van der Waals surface area (Å²) in [6.45, 7) is 4.73. The summed E-state index contributed by atoms with van der Waals surface area (Å²) >= 11 is 1.44. The molecule has 31 heavy (non-hydrogen) atoms. The molecule has 2 aromatic carbocycles. The maximum Gasteiger partial charge on any atom is 0.230 e. The van der Waals surface area contributed by atoms with Gasteiger partial charge in [-0.25, -0.2) is 4.98 Å². The van der Waals surface area contributed by atoms with E-state index >= 15 is 0 Å². The van der Waals surface area contributed by atoms with E-state index in [1.54, 1.807) is 13.3 Å². The highest BCUT2D eigenvalue weighted by Gasteiger charge is 2.16. The SMILES string of the molecule is COc1ccc(C(CNC(=O)CSc2nccn2-c2cccc(C)c2C)N(C)C)cc1. The van der Waals surface area contributed by atoms with Crippen LogP contribution in [0.3, 0.4) is 0 Å².